The number of rotatable bonds is 7. The molecule has 0 spiro atoms. The average Bonchev–Trinajstić information content (AvgIpc) is 3.65. The molecule has 41 heavy (non-hydrogen) atoms. The number of anilines is 1. The van der Waals surface area contributed by atoms with Gasteiger partial charge in [0.2, 0.25) is 0 Å². The Morgan fingerprint density at radius 2 is 1.73 bits per heavy atom. The van der Waals surface area contributed by atoms with Crippen molar-refractivity contribution in [1.82, 2.24) is 10.0 Å². The molecule has 3 aliphatic rings. The second-order valence-corrected chi connectivity index (χ2v) is 9.50. The highest BCUT2D eigenvalue weighted by atomic mass is 19.3. The van der Waals surface area contributed by atoms with Gasteiger partial charge in [-0.2, -0.15) is 19.0 Å². The van der Waals surface area contributed by atoms with E-state index in [0.29, 0.717) is 17.7 Å². The van der Waals surface area contributed by atoms with E-state index in [9.17, 15) is 27.6 Å². The molecule has 3 aliphatic heterocycles. The van der Waals surface area contributed by atoms with Crippen LogP contribution in [0, 0.1) is 5.82 Å². The number of hydrogen-bond acceptors (Lipinski definition) is 8. The minimum absolute atomic E-state index is 0.00750. The fourth-order valence-corrected chi connectivity index (χ4v) is 5.11. The second kappa shape index (κ2) is 10.5. The summed E-state index contributed by atoms with van der Waals surface area (Å²) in [5, 5.41) is 14.9. The molecular formula is C28H21F3N6O4. The third-order valence-corrected chi connectivity index (χ3v) is 6.98. The monoisotopic (exact) mass is 562 g/mol. The van der Waals surface area contributed by atoms with Crippen LogP contribution in [0.1, 0.15) is 23.6 Å². The molecular weight excluding hydrogens is 541 g/mol. The van der Waals surface area contributed by atoms with Crippen LogP contribution < -0.4 is 9.64 Å². The predicted octanol–water partition coefficient (Wildman–Crippen LogP) is 4.10. The summed E-state index contributed by atoms with van der Waals surface area (Å²) in [5.74, 6) is -2.45. The van der Waals surface area contributed by atoms with Crippen molar-refractivity contribution in [1.29, 1.82) is 0 Å². The molecule has 0 radical (unpaired) electrons. The molecule has 1 fully saturated rings. The summed E-state index contributed by atoms with van der Waals surface area (Å²) >= 11 is 0. The molecule has 1 saturated heterocycles. The molecule has 0 aliphatic carbocycles. The fraction of sp³-hybridized carbons (Fsp3) is 0.214. The molecule has 3 heterocycles. The number of nitrogens with zero attached hydrogens (tertiary/aromatic N) is 6. The van der Waals surface area contributed by atoms with Crippen molar-refractivity contribution in [3.05, 3.63) is 95.8 Å². The molecule has 10 nitrogen and oxygen atoms in total. The van der Waals surface area contributed by atoms with Gasteiger partial charge in [-0.15, -0.1) is 0 Å². The minimum Gasteiger partial charge on any atom is -0.435 e. The van der Waals surface area contributed by atoms with E-state index in [1.165, 1.54) is 35.3 Å². The Balaban J connectivity index is 1.24. The maximum Gasteiger partial charge on any atom is 0.387 e. The van der Waals surface area contributed by atoms with Crippen molar-refractivity contribution in [2.75, 3.05) is 11.4 Å². The fourth-order valence-electron chi connectivity index (χ4n) is 5.11. The zero-order valence-electron chi connectivity index (χ0n) is 21.2. The first-order valence-electron chi connectivity index (χ1n) is 12.6. The number of amides is 3. The van der Waals surface area contributed by atoms with Crippen LogP contribution in [0.3, 0.4) is 0 Å². The third-order valence-electron chi connectivity index (χ3n) is 6.98. The zero-order chi connectivity index (χ0) is 28.7. The summed E-state index contributed by atoms with van der Waals surface area (Å²) in [5.41, 5.74) is 2.04. The van der Waals surface area contributed by atoms with Crippen LogP contribution in [0.2, 0.25) is 0 Å². The Kier molecular flexibility index (Phi) is 6.69. The third kappa shape index (κ3) is 4.90. The summed E-state index contributed by atoms with van der Waals surface area (Å²) in [6.07, 6.45) is 0.336. The van der Waals surface area contributed by atoms with Gasteiger partial charge in [0.05, 0.1) is 17.4 Å². The molecule has 0 bridgehead atoms. The van der Waals surface area contributed by atoms with E-state index in [1.807, 2.05) is 30.3 Å². The normalized spacial score (nSPS) is 21.6. The maximum absolute atomic E-state index is 13.8. The Labute approximate surface area is 231 Å². The summed E-state index contributed by atoms with van der Waals surface area (Å²) in [7, 11) is 0. The summed E-state index contributed by atoms with van der Waals surface area (Å²) in [4.78, 5) is 40.7. The lowest BCUT2D eigenvalue weighted by Crippen LogP contribution is -2.44. The Morgan fingerprint density at radius 3 is 2.44 bits per heavy atom. The van der Waals surface area contributed by atoms with Gasteiger partial charge in [-0.3, -0.25) is 19.4 Å². The Hall–Kier alpha value is -5.07. The standard InChI is InChI=1S/C28H21F3N6O4/c29-18-7-4-8-19(13-18)36-26(39)24-25(27(36)40)35(34-32-24)15-23(38)37-22(17-5-2-1-3-6-17)14-21(33-37)16-9-11-20(12-10-16)41-28(30)31/h1-13,22,24-25,28H,14-15H2/t22-,24-,25-/m0/s1. The highest BCUT2D eigenvalue weighted by Crippen LogP contribution is 2.35. The van der Waals surface area contributed by atoms with Gasteiger partial charge < -0.3 is 4.74 Å². The highest BCUT2D eigenvalue weighted by Gasteiger charge is 2.55. The van der Waals surface area contributed by atoms with E-state index in [-0.39, 0.29) is 11.4 Å². The molecule has 6 rings (SSSR count). The van der Waals surface area contributed by atoms with E-state index in [0.717, 1.165) is 21.5 Å². The molecule has 3 aromatic rings. The summed E-state index contributed by atoms with van der Waals surface area (Å²) in [6, 6.07) is 17.4. The van der Waals surface area contributed by atoms with Crippen LogP contribution in [0.15, 0.2) is 94.3 Å². The number of halogens is 3. The molecule has 0 aromatic heterocycles. The van der Waals surface area contributed by atoms with Crippen molar-refractivity contribution < 1.29 is 32.3 Å². The van der Waals surface area contributed by atoms with Gasteiger partial charge in [0.1, 0.15) is 18.1 Å². The highest BCUT2D eigenvalue weighted by molar-refractivity contribution is 6.25. The lowest BCUT2D eigenvalue weighted by atomic mass is 9.98. The molecule has 13 heteroatoms. The first-order chi connectivity index (χ1) is 19.8. The number of carbonyl (C=O) groups is 3. The number of fused-ring (bicyclic) bond motifs is 1. The molecule has 3 atom stereocenters. The van der Waals surface area contributed by atoms with Crippen molar-refractivity contribution in [3.63, 3.8) is 0 Å². The Bertz CT molecular complexity index is 1570. The number of imide groups is 1. The predicted molar refractivity (Wildman–Crippen MR) is 138 cm³/mol. The number of ether oxygens (including phenoxy) is 1. The molecule has 0 saturated carbocycles. The van der Waals surface area contributed by atoms with Crippen molar-refractivity contribution in [2.24, 2.45) is 15.4 Å². The lowest BCUT2D eigenvalue weighted by Gasteiger charge is -2.25. The van der Waals surface area contributed by atoms with Gasteiger partial charge in [-0.1, -0.05) is 41.6 Å². The lowest BCUT2D eigenvalue weighted by molar-refractivity contribution is -0.135. The van der Waals surface area contributed by atoms with Crippen LogP contribution in [-0.2, 0) is 14.4 Å². The average molecular weight is 563 g/mol. The van der Waals surface area contributed by atoms with Crippen molar-refractivity contribution in [3.8, 4) is 5.75 Å². The first kappa shape index (κ1) is 26.2. The minimum atomic E-state index is -2.95. The quantitative estimate of drug-likeness (QED) is 0.403. The van der Waals surface area contributed by atoms with Gasteiger partial charge in [0.25, 0.3) is 17.7 Å². The molecule has 3 amide bonds. The van der Waals surface area contributed by atoms with Gasteiger partial charge >= 0.3 is 6.61 Å². The number of alkyl halides is 2. The first-order valence-corrected chi connectivity index (χ1v) is 12.6. The molecule has 0 unspecified atom stereocenters. The SMILES string of the molecule is O=C1[C@H]2N=NN(CC(=O)N3N=C(c4ccc(OC(F)F)cc4)C[C@H]3c3ccccc3)[C@@H]2C(=O)N1c1cccc(F)c1. The number of benzene rings is 3. The van der Waals surface area contributed by atoms with E-state index in [2.05, 4.69) is 20.2 Å². The van der Waals surface area contributed by atoms with Crippen molar-refractivity contribution >= 4 is 29.1 Å². The summed E-state index contributed by atoms with van der Waals surface area (Å²) in [6.45, 7) is -3.35. The van der Waals surface area contributed by atoms with E-state index < -0.39 is 54.8 Å². The second-order valence-electron chi connectivity index (χ2n) is 9.50. The van der Waals surface area contributed by atoms with Gasteiger partial charge in [0, 0.05) is 6.42 Å². The van der Waals surface area contributed by atoms with Crippen LogP contribution in [0.5, 0.6) is 5.75 Å². The van der Waals surface area contributed by atoms with E-state index in [4.69, 9.17) is 0 Å². The van der Waals surface area contributed by atoms with E-state index >= 15 is 0 Å². The maximum atomic E-state index is 13.8. The van der Waals surface area contributed by atoms with Crippen LogP contribution in [0.4, 0.5) is 18.9 Å². The van der Waals surface area contributed by atoms with Crippen LogP contribution in [0.25, 0.3) is 0 Å². The largest absolute Gasteiger partial charge is 0.435 e. The number of hydrazone groups is 1. The zero-order valence-corrected chi connectivity index (χ0v) is 21.2. The van der Waals surface area contributed by atoms with Gasteiger partial charge in [-0.05, 0) is 53.6 Å². The van der Waals surface area contributed by atoms with Crippen molar-refractivity contribution in [2.45, 2.75) is 31.2 Å². The Morgan fingerprint density at radius 1 is 0.976 bits per heavy atom. The number of carbonyl (C=O) groups excluding carboxylic acids is 3. The molecule has 208 valence electrons. The smallest absolute Gasteiger partial charge is 0.387 e. The summed E-state index contributed by atoms with van der Waals surface area (Å²) < 4.78 is 43.3. The van der Waals surface area contributed by atoms with Crippen LogP contribution >= 0.6 is 0 Å². The number of hydrogen-bond donors (Lipinski definition) is 0. The van der Waals surface area contributed by atoms with Crippen LogP contribution in [-0.4, -0.2) is 58.7 Å². The van der Waals surface area contributed by atoms with Gasteiger partial charge in [0.15, 0.2) is 12.1 Å². The van der Waals surface area contributed by atoms with Gasteiger partial charge in [-0.25, -0.2) is 14.3 Å². The molecule has 0 N–H and O–H groups in total. The topological polar surface area (TPSA) is 107 Å². The molecule has 3 aromatic carbocycles. The van der Waals surface area contributed by atoms with E-state index in [1.54, 1.807) is 12.1 Å².